The second kappa shape index (κ2) is 7.10. The maximum absolute atomic E-state index is 11.2. The van der Waals surface area contributed by atoms with Crippen LogP contribution in [0.3, 0.4) is 0 Å². The molecule has 102 valence electrons. The van der Waals surface area contributed by atoms with Gasteiger partial charge in [-0.1, -0.05) is 0 Å². The fourth-order valence-electron chi connectivity index (χ4n) is 1.41. The Morgan fingerprint density at radius 1 is 1.53 bits per heavy atom. The van der Waals surface area contributed by atoms with Crippen LogP contribution in [0.25, 0.3) is 0 Å². The van der Waals surface area contributed by atoms with Crippen molar-refractivity contribution in [2.45, 2.75) is 13.3 Å². The zero-order valence-electron chi connectivity index (χ0n) is 10.4. The monoisotopic (exact) mass is 266 g/mol. The van der Waals surface area contributed by atoms with Crippen LogP contribution in [-0.4, -0.2) is 30.3 Å². The third-order valence-electron chi connectivity index (χ3n) is 2.29. The van der Waals surface area contributed by atoms with Crippen molar-refractivity contribution in [1.29, 1.82) is 0 Å². The van der Waals surface area contributed by atoms with Crippen LogP contribution in [-0.2, 0) is 4.79 Å². The van der Waals surface area contributed by atoms with Crippen LogP contribution >= 0.6 is 0 Å². The molecule has 0 unspecified atom stereocenters. The van der Waals surface area contributed by atoms with Crippen LogP contribution in [0.2, 0.25) is 0 Å². The number of nitro groups is 1. The highest BCUT2D eigenvalue weighted by Gasteiger charge is 2.11. The van der Waals surface area contributed by atoms with Gasteiger partial charge in [0.15, 0.2) is 6.29 Å². The summed E-state index contributed by atoms with van der Waals surface area (Å²) in [6.45, 7) is 2.44. The molecule has 0 radical (unpaired) electrons. The second-order valence-electron chi connectivity index (χ2n) is 3.65. The minimum absolute atomic E-state index is 0.0881. The Kier molecular flexibility index (Phi) is 5.46. The lowest BCUT2D eigenvalue weighted by molar-refractivity contribution is -0.384. The number of carbonyl (C=O) groups is 2. The van der Waals surface area contributed by atoms with Crippen LogP contribution in [0.1, 0.15) is 23.7 Å². The van der Waals surface area contributed by atoms with Crippen molar-refractivity contribution in [3.05, 3.63) is 33.9 Å². The average molecular weight is 266 g/mol. The van der Waals surface area contributed by atoms with Crippen molar-refractivity contribution >= 4 is 17.9 Å². The van der Waals surface area contributed by atoms with E-state index in [9.17, 15) is 19.7 Å². The van der Waals surface area contributed by atoms with Gasteiger partial charge in [0, 0.05) is 18.7 Å². The number of hydrogen-bond acceptors (Lipinski definition) is 5. The predicted molar refractivity (Wildman–Crippen MR) is 67.3 cm³/mol. The van der Waals surface area contributed by atoms with Crippen molar-refractivity contribution in [2.24, 2.45) is 0 Å². The third kappa shape index (κ3) is 4.38. The predicted octanol–water partition coefficient (Wildman–Crippen LogP) is 1.31. The van der Waals surface area contributed by atoms with Crippen molar-refractivity contribution in [2.75, 3.05) is 13.2 Å². The quantitative estimate of drug-likeness (QED) is 0.455. The fraction of sp³-hybridized carbons (Fsp3) is 0.333. The highest BCUT2D eigenvalue weighted by molar-refractivity contribution is 5.80. The summed E-state index contributed by atoms with van der Waals surface area (Å²) in [7, 11) is 0. The number of non-ortho nitro benzene ring substituents is 1. The van der Waals surface area contributed by atoms with Gasteiger partial charge in [-0.3, -0.25) is 19.7 Å². The summed E-state index contributed by atoms with van der Waals surface area (Å²) < 4.78 is 5.27. The molecule has 19 heavy (non-hydrogen) atoms. The van der Waals surface area contributed by atoms with E-state index >= 15 is 0 Å². The van der Waals surface area contributed by atoms with Gasteiger partial charge in [-0.15, -0.1) is 0 Å². The first-order valence-electron chi connectivity index (χ1n) is 5.71. The number of amides is 1. The zero-order valence-corrected chi connectivity index (χ0v) is 10.4. The topological polar surface area (TPSA) is 98.5 Å². The number of ether oxygens (including phenoxy) is 1. The largest absolute Gasteiger partial charge is 0.492 e. The van der Waals surface area contributed by atoms with Gasteiger partial charge in [0.05, 0.1) is 23.5 Å². The minimum Gasteiger partial charge on any atom is -0.492 e. The lowest BCUT2D eigenvalue weighted by atomic mass is 10.2. The Bertz CT molecular complexity index is 487. The van der Waals surface area contributed by atoms with E-state index in [1.807, 2.05) is 0 Å². The van der Waals surface area contributed by atoms with Crippen LogP contribution in [0.4, 0.5) is 5.69 Å². The zero-order chi connectivity index (χ0) is 14.3. The molecule has 1 rings (SSSR count). The van der Waals surface area contributed by atoms with Gasteiger partial charge in [-0.05, 0) is 13.0 Å². The Morgan fingerprint density at radius 3 is 2.84 bits per heavy atom. The highest BCUT2D eigenvalue weighted by atomic mass is 16.6. The molecule has 0 spiro atoms. The molecular formula is C12H14N2O5. The summed E-state index contributed by atoms with van der Waals surface area (Å²) in [5, 5.41) is 13.2. The molecule has 0 saturated carbocycles. The molecule has 7 nitrogen and oxygen atoms in total. The molecular weight excluding hydrogens is 252 g/mol. The van der Waals surface area contributed by atoms with E-state index in [0.29, 0.717) is 12.8 Å². The molecule has 0 aliphatic carbocycles. The molecule has 1 aromatic carbocycles. The Hall–Kier alpha value is -2.44. The van der Waals surface area contributed by atoms with Gasteiger partial charge in [-0.2, -0.15) is 0 Å². The highest BCUT2D eigenvalue weighted by Crippen LogP contribution is 2.22. The Morgan fingerprint density at radius 2 is 2.26 bits per heavy atom. The van der Waals surface area contributed by atoms with E-state index in [4.69, 9.17) is 4.74 Å². The summed E-state index contributed by atoms with van der Waals surface area (Å²) in [6.07, 6.45) is 0.636. The number of aldehydes is 1. The number of benzene rings is 1. The van der Waals surface area contributed by atoms with Crippen molar-refractivity contribution in [3.63, 3.8) is 0 Å². The van der Waals surface area contributed by atoms with E-state index in [0.717, 1.165) is 6.07 Å². The van der Waals surface area contributed by atoms with Crippen LogP contribution in [0, 0.1) is 10.1 Å². The van der Waals surface area contributed by atoms with Crippen LogP contribution < -0.4 is 10.1 Å². The molecule has 1 N–H and O–H groups in total. The van der Waals surface area contributed by atoms with Crippen LogP contribution in [0.15, 0.2) is 18.2 Å². The number of nitro benzene ring substituents is 1. The summed E-state index contributed by atoms with van der Waals surface area (Å²) in [5.74, 6) is 0.0713. The number of nitrogens with zero attached hydrogens (tertiary/aromatic N) is 1. The second-order valence-corrected chi connectivity index (χ2v) is 3.65. The number of rotatable bonds is 7. The third-order valence-corrected chi connectivity index (χ3v) is 2.29. The first kappa shape index (κ1) is 14.6. The first-order valence-corrected chi connectivity index (χ1v) is 5.71. The minimum atomic E-state index is -0.592. The first-order chi connectivity index (χ1) is 9.08. The maximum Gasteiger partial charge on any atom is 0.270 e. The number of nitrogens with one attached hydrogen (secondary N) is 1. The van der Waals surface area contributed by atoms with Crippen molar-refractivity contribution < 1.29 is 19.2 Å². The Labute approximate surface area is 109 Å². The lowest BCUT2D eigenvalue weighted by Crippen LogP contribution is -2.24. The molecule has 0 saturated heterocycles. The number of hydrogen-bond donors (Lipinski definition) is 1. The molecule has 1 aromatic rings. The lowest BCUT2D eigenvalue weighted by Gasteiger charge is -2.08. The van der Waals surface area contributed by atoms with Gasteiger partial charge >= 0.3 is 0 Å². The average Bonchev–Trinajstić information content (AvgIpc) is 2.39. The van der Waals surface area contributed by atoms with Gasteiger partial charge < -0.3 is 10.1 Å². The van der Waals surface area contributed by atoms with E-state index in [2.05, 4.69) is 5.32 Å². The van der Waals surface area contributed by atoms with Crippen molar-refractivity contribution in [3.8, 4) is 5.75 Å². The molecule has 0 bridgehead atoms. The summed E-state index contributed by atoms with van der Waals surface area (Å²) in [5.41, 5.74) is -0.0942. The molecule has 0 aliphatic rings. The fourth-order valence-corrected chi connectivity index (χ4v) is 1.41. The SMILES string of the molecule is CCNC(=O)CCOc1ccc([N+](=O)[O-])cc1C=O. The number of carbonyl (C=O) groups excluding carboxylic acids is 2. The van der Waals surface area contributed by atoms with E-state index < -0.39 is 4.92 Å². The molecule has 0 heterocycles. The summed E-state index contributed by atoms with van der Waals surface area (Å²) in [4.78, 5) is 32.0. The molecule has 1 amide bonds. The smallest absolute Gasteiger partial charge is 0.270 e. The molecule has 0 aliphatic heterocycles. The van der Waals surface area contributed by atoms with Gasteiger partial charge in [-0.25, -0.2) is 0 Å². The van der Waals surface area contributed by atoms with Crippen molar-refractivity contribution in [1.82, 2.24) is 5.32 Å². The van der Waals surface area contributed by atoms with E-state index in [-0.39, 0.29) is 35.9 Å². The van der Waals surface area contributed by atoms with E-state index in [1.54, 1.807) is 6.92 Å². The molecule has 7 heteroatoms. The standard InChI is InChI=1S/C12H14N2O5/c1-2-13-12(16)5-6-19-11-4-3-10(14(17)18)7-9(11)8-15/h3-4,7-8H,2,5-6H2,1H3,(H,13,16). The van der Waals surface area contributed by atoms with Gasteiger partial charge in [0.2, 0.25) is 5.91 Å². The maximum atomic E-state index is 11.2. The summed E-state index contributed by atoms with van der Waals surface area (Å²) in [6, 6.07) is 3.72. The van der Waals surface area contributed by atoms with Gasteiger partial charge in [0.1, 0.15) is 5.75 Å². The summed E-state index contributed by atoms with van der Waals surface area (Å²) >= 11 is 0. The normalized spacial score (nSPS) is 9.74. The van der Waals surface area contributed by atoms with Gasteiger partial charge in [0.25, 0.3) is 5.69 Å². The molecule has 0 fully saturated rings. The van der Waals surface area contributed by atoms with Crippen LogP contribution in [0.5, 0.6) is 5.75 Å². The molecule has 0 aromatic heterocycles. The Balaban J connectivity index is 2.65. The molecule has 0 atom stereocenters. The van der Waals surface area contributed by atoms with E-state index in [1.165, 1.54) is 12.1 Å².